The zero-order chi connectivity index (χ0) is 20.9. The van der Waals surface area contributed by atoms with Gasteiger partial charge in [0.1, 0.15) is 11.4 Å². The van der Waals surface area contributed by atoms with Crippen molar-refractivity contribution in [3.05, 3.63) is 93.8 Å². The summed E-state index contributed by atoms with van der Waals surface area (Å²) >= 11 is 6.14. The fourth-order valence-corrected chi connectivity index (χ4v) is 3.69. The van der Waals surface area contributed by atoms with Crippen molar-refractivity contribution in [1.82, 2.24) is 9.88 Å². The maximum Gasteiger partial charge on any atom is 0.254 e. The van der Waals surface area contributed by atoms with E-state index in [1.54, 1.807) is 18.3 Å². The quantitative estimate of drug-likeness (QED) is 0.579. The van der Waals surface area contributed by atoms with Gasteiger partial charge in [0, 0.05) is 29.9 Å². The summed E-state index contributed by atoms with van der Waals surface area (Å²) < 4.78 is 5.70. The number of rotatable bonds is 3. The number of ether oxygens (including phenoxy) is 1. The van der Waals surface area contributed by atoms with Crippen molar-refractivity contribution in [3.8, 4) is 17.6 Å². The molecule has 0 fully saturated rings. The lowest BCUT2D eigenvalue weighted by Gasteiger charge is -2.29. The van der Waals surface area contributed by atoms with E-state index in [-0.39, 0.29) is 5.91 Å². The molecule has 5 heteroatoms. The molecule has 150 valence electrons. The Morgan fingerprint density at radius 3 is 2.83 bits per heavy atom. The minimum absolute atomic E-state index is 0.0236. The van der Waals surface area contributed by atoms with Gasteiger partial charge >= 0.3 is 0 Å². The predicted octanol–water partition coefficient (Wildman–Crippen LogP) is 4.73. The SMILES string of the molecule is CCOc1ccc(C(=O)N2CCc3ccc(Cl)cc3C2)cc1C#Cc1ccccn1. The lowest BCUT2D eigenvalue weighted by molar-refractivity contribution is 0.0734. The molecule has 2 aromatic carbocycles. The predicted molar refractivity (Wildman–Crippen MR) is 118 cm³/mol. The summed E-state index contributed by atoms with van der Waals surface area (Å²) in [5.41, 5.74) is 4.28. The minimum atomic E-state index is -0.0236. The van der Waals surface area contributed by atoms with E-state index in [1.165, 1.54) is 5.56 Å². The number of hydrogen-bond acceptors (Lipinski definition) is 3. The number of fused-ring (bicyclic) bond motifs is 1. The third-order valence-corrected chi connectivity index (χ3v) is 5.22. The standard InChI is InChI=1S/C25H21ClN2O2/c1-2-30-24-11-8-20(15-19(24)7-10-23-5-3-4-13-27-23)25(29)28-14-12-18-6-9-22(26)16-21(18)17-28/h3-6,8-9,11,13,15-16H,2,12,14,17H2,1H3. The van der Waals surface area contributed by atoms with Gasteiger partial charge in [-0.1, -0.05) is 29.7 Å². The van der Waals surface area contributed by atoms with E-state index >= 15 is 0 Å². The van der Waals surface area contributed by atoms with Crippen LogP contribution in [-0.4, -0.2) is 28.9 Å². The molecule has 0 aliphatic carbocycles. The normalized spacial score (nSPS) is 12.5. The van der Waals surface area contributed by atoms with Crippen LogP contribution in [0.15, 0.2) is 60.8 Å². The number of halogens is 1. The fourth-order valence-electron chi connectivity index (χ4n) is 3.49. The van der Waals surface area contributed by atoms with Crippen LogP contribution in [0.1, 0.15) is 39.7 Å². The molecule has 1 aliphatic heterocycles. The number of aromatic nitrogens is 1. The van der Waals surface area contributed by atoms with E-state index < -0.39 is 0 Å². The molecule has 1 aromatic heterocycles. The zero-order valence-corrected chi connectivity index (χ0v) is 17.4. The number of nitrogens with zero attached hydrogens (tertiary/aromatic N) is 2. The minimum Gasteiger partial charge on any atom is -0.493 e. The Hall–Kier alpha value is -3.29. The molecule has 0 saturated carbocycles. The first-order chi connectivity index (χ1) is 14.6. The molecule has 30 heavy (non-hydrogen) atoms. The Labute approximate surface area is 181 Å². The van der Waals surface area contributed by atoms with Gasteiger partial charge in [-0.25, -0.2) is 4.98 Å². The van der Waals surface area contributed by atoms with E-state index in [0.717, 1.165) is 12.0 Å². The van der Waals surface area contributed by atoms with Gasteiger partial charge in [-0.3, -0.25) is 4.79 Å². The van der Waals surface area contributed by atoms with Gasteiger partial charge in [-0.2, -0.15) is 0 Å². The Morgan fingerprint density at radius 1 is 1.13 bits per heavy atom. The number of benzene rings is 2. The van der Waals surface area contributed by atoms with Crippen molar-refractivity contribution in [2.75, 3.05) is 13.2 Å². The highest BCUT2D eigenvalue weighted by Crippen LogP contribution is 2.25. The molecule has 0 radical (unpaired) electrons. The van der Waals surface area contributed by atoms with Crippen molar-refractivity contribution in [3.63, 3.8) is 0 Å². The third kappa shape index (κ3) is 4.48. The molecule has 0 atom stereocenters. The maximum atomic E-state index is 13.2. The smallest absolute Gasteiger partial charge is 0.254 e. The summed E-state index contributed by atoms with van der Waals surface area (Å²) in [6.45, 7) is 3.67. The second kappa shape index (κ2) is 9.02. The molecule has 0 saturated heterocycles. The molecule has 0 N–H and O–H groups in total. The number of hydrogen-bond donors (Lipinski definition) is 0. The second-order valence-electron chi connectivity index (χ2n) is 7.00. The van der Waals surface area contributed by atoms with Gasteiger partial charge in [0.15, 0.2) is 0 Å². The van der Waals surface area contributed by atoms with Crippen LogP contribution >= 0.6 is 11.6 Å². The molecule has 2 heterocycles. The highest BCUT2D eigenvalue weighted by molar-refractivity contribution is 6.30. The molecular weight excluding hydrogens is 396 g/mol. The third-order valence-electron chi connectivity index (χ3n) is 4.98. The van der Waals surface area contributed by atoms with Crippen molar-refractivity contribution >= 4 is 17.5 Å². The Bertz CT molecular complexity index is 1130. The van der Waals surface area contributed by atoms with Crippen molar-refractivity contribution in [2.24, 2.45) is 0 Å². The number of carbonyl (C=O) groups excluding carboxylic acids is 1. The van der Waals surface area contributed by atoms with E-state index in [2.05, 4.69) is 16.8 Å². The summed E-state index contributed by atoms with van der Waals surface area (Å²) in [5.74, 6) is 6.79. The van der Waals surface area contributed by atoms with Crippen LogP contribution in [0.25, 0.3) is 0 Å². The average molecular weight is 417 g/mol. The fraction of sp³-hybridized carbons (Fsp3) is 0.200. The summed E-state index contributed by atoms with van der Waals surface area (Å²) in [7, 11) is 0. The molecule has 0 bridgehead atoms. The Balaban J connectivity index is 1.61. The van der Waals surface area contributed by atoms with Crippen molar-refractivity contribution in [1.29, 1.82) is 0 Å². The monoisotopic (exact) mass is 416 g/mol. The molecule has 1 aliphatic rings. The van der Waals surface area contributed by atoms with Crippen molar-refractivity contribution in [2.45, 2.75) is 19.9 Å². The van der Waals surface area contributed by atoms with Crippen molar-refractivity contribution < 1.29 is 9.53 Å². The molecule has 3 aromatic rings. The lowest BCUT2D eigenvalue weighted by atomic mass is 9.99. The number of carbonyl (C=O) groups is 1. The second-order valence-corrected chi connectivity index (χ2v) is 7.44. The summed E-state index contributed by atoms with van der Waals surface area (Å²) in [6, 6.07) is 16.9. The van der Waals surface area contributed by atoms with E-state index in [9.17, 15) is 4.79 Å². The summed E-state index contributed by atoms with van der Waals surface area (Å²) in [4.78, 5) is 19.3. The number of amides is 1. The average Bonchev–Trinajstić information content (AvgIpc) is 2.78. The maximum absolute atomic E-state index is 13.2. The summed E-state index contributed by atoms with van der Waals surface area (Å²) in [6.07, 6.45) is 2.52. The zero-order valence-electron chi connectivity index (χ0n) is 16.7. The van der Waals surface area contributed by atoms with Crippen LogP contribution in [0.2, 0.25) is 5.02 Å². The van der Waals surface area contributed by atoms with Crippen LogP contribution in [0.3, 0.4) is 0 Å². The van der Waals surface area contributed by atoms with E-state index in [1.807, 2.05) is 54.3 Å². The first-order valence-corrected chi connectivity index (χ1v) is 10.3. The van der Waals surface area contributed by atoms with E-state index in [4.69, 9.17) is 16.3 Å². The van der Waals surface area contributed by atoms with Gasteiger partial charge in [0.05, 0.1) is 12.2 Å². The van der Waals surface area contributed by atoms with Crippen LogP contribution in [0.4, 0.5) is 0 Å². The van der Waals surface area contributed by atoms with Crippen LogP contribution < -0.4 is 4.74 Å². The molecule has 4 rings (SSSR count). The number of pyridine rings is 1. The first kappa shape index (κ1) is 20.0. The molecule has 4 nitrogen and oxygen atoms in total. The van der Waals surface area contributed by atoms with Gasteiger partial charge < -0.3 is 9.64 Å². The molecule has 0 unspecified atom stereocenters. The first-order valence-electron chi connectivity index (χ1n) is 9.90. The van der Waals surface area contributed by atoms with Gasteiger partial charge in [-0.05, 0) is 72.9 Å². The Kier molecular flexibility index (Phi) is 6.02. The highest BCUT2D eigenvalue weighted by Gasteiger charge is 2.22. The lowest BCUT2D eigenvalue weighted by Crippen LogP contribution is -2.36. The summed E-state index contributed by atoms with van der Waals surface area (Å²) in [5, 5.41) is 0.691. The van der Waals surface area contributed by atoms with E-state index in [0.29, 0.717) is 47.3 Å². The molecule has 1 amide bonds. The largest absolute Gasteiger partial charge is 0.493 e. The van der Waals surface area contributed by atoms with Gasteiger partial charge in [0.2, 0.25) is 0 Å². The Morgan fingerprint density at radius 2 is 2.03 bits per heavy atom. The van der Waals surface area contributed by atoms with Gasteiger partial charge in [-0.15, -0.1) is 0 Å². The topological polar surface area (TPSA) is 42.4 Å². The highest BCUT2D eigenvalue weighted by atomic mass is 35.5. The van der Waals surface area contributed by atoms with Crippen LogP contribution in [0, 0.1) is 11.8 Å². The molecular formula is C25H21ClN2O2. The van der Waals surface area contributed by atoms with Gasteiger partial charge in [0.25, 0.3) is 5.91 Å². The molecule has 0 spiro atoms. The van der Waals surface area contributed by atoms with Crippen LogP contribution in [-0.2, 0) is 13.0 Å². The van der Waals surface area contributed by atoms with Crippen LogP contribution in [0.5, 0.6) is 5.75 Å².